The van der Waals surface area contributed by atoms with Gasteiger partial charge in [-0.15, -0.1) is 0 Å². The molecule has 0 radical (unpaired) electrons. The smallest absolute Gasteiger partial charge is 0.417 e. The number of hydrogen-bond acceptors (Lipinski definition) is 8. The molecule has 1 saturated heterocycles. The monoisotopic (exact) mass is 588 g/mol. The summed E-state index contributed by atoms with van der Waals surface area (Å²) < 4.78 is 61.1. The van der Waals surface area contributed by atoms with Crippen molar-refractivity contribution in [1.29, 1.82) is 0 Å². The Morgan fingerprint density at radius 1 is 1.31 bits per heavy atom. The number of nitrogens with zero attached hydrogens (tertiary/aromatic N) is 4. The van der Waals surface area contributed by atoms with E-state index in [0.717, 1.165) is 16.8 Å². The SMILES string of the molecule is C=N/C(=C\C(=C/C)Oc1ccc2nc(Nc3cc(C(F)(F)F)cn(C4COCCC4OC)c3=O)n(C)c2c1)NC(C)=O. The Bertz CT molecular complexity index is 1610. The molecule has 2 N–H and O–H groups in total. The van der Waals surface area contributed by atoms with Crippen molar-refractivity contribution in [3.8, 4) is 5.75 Å². The molecular formula is C28H31F3N6O5. The second kappa shape index (κ2) is 12.6. The third kappa shape index (κ3) is 6.71. The number of allylic oxidation sites excluding steroid dienone is 2. The van der Waals surface area contributed by atoms with E-state index in [2.05, 4.69) is 27.3 Å². The van der Waals surface area contributed by atoms with Crippen LogP contribution in [0.25, 0.3) is 11.0 Å². The van der Waals surface area contributed by atoms with Gasteiger partial charge in [0, 0.05) is 46.0 Å². The molecule has 0 bridgehead atoms. The van der Waals surface area contributed by atoms with E-state index < -0.39 is 29.4 Å². The van der Waals surface area contributed by atoms with Crippen LogP contribution in [0.1, 0.15) is 31.9 Å². The van der Waals surface area contributed by atoms with Crippen molar-refractivity contribution < 1.29 is 32.2 Å². The third-order valence-corrected chi connectivity index (χ3v) is 6.67. The van der Waals surface area contributed by atoms with Crippen molar-refractivity contribution in [2.45, 2.75) is 38.6 Å². The number of rotatable bonds is 9. The first-order valence-corrected chi connectivity index (χ1v) is 12.9. The highest BCUT2D eigenvalue weighted by atomic mass is 19.4. The van der Waals surface area contributed by atoms with Crippen molar-refractivity contribution >= 4 is 35.3 Å². The normalized spacial score (nSPS) is 18.2. The summed E-state index contributed by atoms with van der Waals surface area (Å²) in [4.78, 5) is 33.0. The van der Waals surface area contributed by atoms with Crippen LogP contribution in [0.4, 0.5) is 24.8 Å². The largest absolute Gasteiger partial charge is 0.458 e. The minimum atomic E-state index is -4.71. The maximum Gasteiger partial charge on any atom is 0.417 e. The van der Waals surface area contributed by atoms with E-state index in [9.17, 15) is 22.8 Å². The molecule has 2 atom stereocenters. The van der Waals surface area contributed by atoms with Gasteiger partial charge in [0.05, 0.1) is 35.3 Å². The van der Waals surface area contributed by atoms with Crippen LogP contribution in [0, 0.1) is 0 Å². The minimum Gasteiger partial charge on any atom is -0.458 e. The van der Waals surface area contributed by atoms with Crippen LogP contribution < -0.4 is 20.9 Å². The van der Waals surface area contributed by atoms with Gasteiger partial charge in [-0.05, 0) is 44.3 Å². The predicted molar refractivity (Wildman–Crippen MR) is 151 cm³/mol. The van der Waals surface area contributed by atoms with Gasteiger partial charge in [-0.25, -0.2) is 9.98 Å². The molecule has 4 rings (SSSR count). The number of amides is 1. The number of aliphatic imine (C=N–C) groups is 1. The van der Waals surface area contributed by atoms with E-state index in [0.29, 0.717) is 35.6 Å². The number of carbonyl (C=O) groups excluding carboxylic acids is 1. The average molecular weight is 589 g/mol. The second-order valence-electron chi connectivity index (χ2n) is 9.49. The molecule has 3 heterocycles. The summed E-state index contributed by atoms with van der Waals surface area (Å²) in [6.07, 6.45) is -0.802. The van der Waals surface area contributed by atoms with Crippen LogP contribution in [-0.2, 0) is 27.5 Å². The van der Waals surface area contributed by atoms with Crippen molar-refractivity contribution in [2.75, 3.05) is 25.6 Å². The Kier molecular flexibility index (Phi) is 9.17. The van der Waals surface area contributed by atoms with Crippen LogP contribution in [0.15, 0.2) is 64.0 Å². The number of carbonyl (C=O) groups is 1. The van der Waals surface area contributed by atoms with Gasteiger partial charge in [0.15, 0.2) is 0 Å². The summed E-state index contributed by atoms with van der Waals surface area (Å²) in [6.45, 7) is 6.92. The quantitative estimate of drug-likeness (QED) is 0.216. The molecule has 1 aliphatic heterocycles. The number of alkyl halides is 3. The molecule has 3 aromatic rings. The number of fused-ring (bicyclic) bond motifs is 1. The number of ether oxygens (including phenoxy) is 3. The first-order valence-electron chi connectivity index (χ1n) is 12.9. The second-order valence-corrected chi connectivity index (χ2v) is 9.49. The molecule has 1 aromatic carbocycles. The predicted octanol–water partition coefficient (Wildman–Crippen LogP) is 4.43. The Hall–Kier alpha value is -4.43. The van der Waals surface area contributed by atoms with Gasteiger partial charge in [-0.3, -0.25) is 9.59 Å². The van der Waals surface area contributed by atoms with E-state index in [1.165, 1.54) is 20.1 Å². The molecule has 0 saturated carbocycles. The molecule has 224 valence electrons. The highest BCUT2D eigenvalue weighted by Gasteiger charge is 2.35. The minimum absolute atomic E-state index is 0.0345. The van der Waals surface area contributed by atoms with Gasteiger partial charge in [0.25, 0.3) is 5.56 Å². The van der Waals surface area contributed by atoms with Crippen LogP contribution in [-0.4, -0.2) is 53.2 Å². The lowest BCUT2D eigenvalue weighted by Gasteiger charge is -2.32. The van der Waals surface area contributed by atoms with E-state index in [1.807, 2.05) is 0 Å². The van der Waals surface area contributed by atoms with Gasteiger partial charge in [-0.1, -0.05) is 0 Å². The number of anilines is 2. The number of nitrogens with one attached hydrogen (secondary N) is 2. The zero-order chi connectivity index (χ0) is 30.6. The summed E-state index contributed by atoms with van der Waals surface area (Å²) in [5.41, 5.74) is -0.898. The maximum absolute atomic E-state index is 13.9. The van der Waals surface area contributed by atoms with E-state index in [-0.39, 0.29) is 30.0 Å². The molecule has 1 fully saturated rings. The topological polar surface area (TPSA) is 121 Å². The number of halogens is 3. The van der Waals surface area contributed by atoms with Gasteiger partial charge in [0.2, 0.25) is 11.9 Å². The van der Waals surface area contributed by atoms with Crippen molar-refractivity contribution in [3.05, 3.63) is 70.1 Å². The third-order valence-electron chi connectivity index (χ3n) is 6.67. The average Bonchev–Trinajstić information content (AvgIpc) is 3.26. The summed E-state index contributed by atoms with van der Waals surface area (Å²) in [6, 6.07) is 5.03. The summed E-state index contributed by atoms with van der Waals surface area (Å²) in [7, 11) is 3.10. The number of benzene rings is 1. The molecule has 11 nitrogen and oxygen atoms in total. The van der Waals surface area contributed by atoms with Gasteiger partial charge < -0.3 is 34.0 Å². The lowest BCUT2D eigenvalue weighted by atomic mass is 10.1. The number of pyridine rings is 1. The number of imidazole rings is 1. The van der Waals surface area contributed by atoms with Gasteiger partial charge in [0.1, 0.15) is 23.0 Å². The fraction of sp³-hybridized carbons (Fsp3) is 0.357. The van der Waals surface area contributed by atoms with Crippen LogP contribution >= 0.6 is 0 Å². The Labute approximate surface area is 239 Å². The fourth-order valence-corrected chi connectivity index (χ4v) is 4.54. The van der Waals surface area contributed by atoms with E-state index >= 15 is 0 Å². The molecule has 1 amide bonds. The molecule has 0 aliphatic carbocycles. The van der Waals surface area contributed by atoms with Gasteiger partial charge >= 0.3 is 6.18 Å². The number of aryl methyl sites for hydroxylation is 1. The highest BCUT2D eigenvalue weighted by molar-refractivity contribution is 5.81. The zero-order valence-electron chi connectivity index (χ0n) is 23.5. The van der Waals surface area contributed by atoms with Crippen LogP contribution in [0.2, 0.25) is 0 Å². The lowest BCUT2D eigenvalue weighted by molar-refractivity contribution is -0.138. The summed E-state index contributed by atoms with van der Waals surface area (Å²) in [5.74, 6) is 0.808. The summed E-state index contributed by atoms with van der Waals surface area (Å²) >= 11 is 0. The number of aromatic nitrogens is 3. The van der Waals surface area contributed by atoms with Crippen LogP contribution in [0.3, 0.4) is 0 Å². The summed E-state index contributed by atoms with van der Waals surface area (Å²) in [5, 5.41) is 5.33. The molecule has 42 heavy (non-hydrogen) atoms. The van der Waals surface area contributed by atoms with Crippen LogP contribution in [0.5, 0.6) is 5.75 Å². The fourth-order valence-electron chi connectivity index (χ4n) is 4.54. The van der Waals surface area contributed by atoms with E-state index in [4.69, 9.17) is 14.2 Å². The zero-order valence-corrected chi connectivity index (χ0v) is 23.5. The maximum atomic E-state index is 13.9. The molecule has 14 heteroatoms. The molecule has 2 unspecified atom stereocenters. The molecular weight excluding hydrogens is 557 g/mol. The Morgan fingerprint density at radius 2 is 2.07 bits per heavy atom. The van der Waals surface area contributed by atoms with Crippen molar-refractivity contribution in [3.63, 3.8) is 0 Å². The molecule has 1 aliphatic rings. The highest BCUT2D eigenvalue weighted by Crippen LogP contribution is 2.33. The van der Waals surface area contributed by atoms with Crippen molar-refractivity contribution in [1.82, 2.24) is 19.4 Å². The van der Waals surface area contributed by atoms with Gasteiger partial charge in [-0.2, -0.15) is 13.2 Å². The lowest BCUT2D eigenvalue weighted by Crippen LogP contribution is -2.41. The standard InChI is InChI=1S/C28H31F3N6O5/c1-6-18(13-25(32-3)33-16(2)38)42-19-7-8-20-22(12-19)36(4)27(34-20)35-21-11-17(28(29,30)31)14-37(26(21)39)23-15-41-10-9-24(23)40-5/h6-8,11-14,23-24H,3,9-10,15H2,1-2,4-5H3,(H,33,38)(H,34,35)/b18-6+,25-13+. The Morgan fingerprint density at radius 3 is 2.71 bits per heavy atom. The first-order chi connectivity index (χ1) is 19.9. The molecule has 2 aromatic heterocycles. The van der Waals surface area contributed by atoms with E-state index in [1.54, 1.807) is 42.8 Å². The number of methoxy groups -OCH3 is 1. The van der Waals surface area contributed by atoms with Crippen molar-refractivity contribution in [2.24, 2.45) is 12.0 Å². The molecule has 0 spiro atoms. The first kappa shape index (κ1) is 30.5. The Balaban J connectivity index is 1.69. The number of hydrogen-bond donors (Lipinski definition) is 2.